The summed E-state index contributed by atoms with van der Waals surface area (Å²) in [7, 11) is 1.66. The molecule has 126 valence electrons. The molecule has 0 unspecified atom stereocenters. The number of benzene rings is 1. The fraction of sp³-hybridized carbons (Fsp3) is 0.529. The predicted octanol–water partition coefficient (Wildman–Crippen LogP) is 2.33. The molecule has 5 nitrogen and oxygen atoms in total. The number of piperazine rings is 1. The van der Waals surface area contributed by atoms with Gasteiger partial charge in [-0.3, -0.25) is 9.59 Å². The van der Waals surface area contributed by atoms with Crippen molar-refractivity contribution in [2.45, 2.75) is 32.4 Å². The average molecular weight is 339 g/mol. The molecule has 0 bridgehead atoms. The van der Waals surface area contributed by atoms with Crippen molar-refractivity contribution < 1.29 is 14.3 Å². The zero-order valence-electron chi connectivity index (χ0n) is 13.6. The van der Waals surface area contributed by atoms with Crippen molar-refractivity contribution in [2.75, 3.05) is 26.8 Å². The van der Waals surface area contributed by atoms with E-state index in [0.29, 0.717) is 24.7 Å². The molecule has 6 heteroatoms. The third-order valence-corrected chi connectivity index (χ3v) is 4.47. The Labute approximate surface area is 142 Å². The molecule has 1 saturated heterocycles. The molecule has 1 aliphatic rings. The Balaban J connectivity index is 1.98. The zero-order valence-corrected chi connectivity index (χ0v) is 14.4. The molecular weight excluding hydrogens is 316 g/mol. The van der Waals surface area contributed by atoms with E-state index in [-0.39, 0.29) is 18.4 Å². The van der Waals surface area contributed by atoms with Crippen molar-refractivity contribution in [3.05, 3.63) is 34.9 Å². The number of nitrogens with zero attached hydrogens (tertiary/aromatic N) is 2. The maximum Gasteiger partial charge on any atom is 0.245 e. The van der Waals surface area contributed by atoms with Gasteiger partial charge in [0.25, 0.3) is 0 Å². The van der Waals surface area contributed by atoms with Crippen LogP contribution >= 0.6 is 11.6 Å². The smallest absolute Gasteiger partial charge is 0.245 e. The third kappa shape index (κ3) is 4.45. The summed E-state index contributed by atoms with van der Waals surface area (Å²) in [6.07, 6.45) is 1.71. The monoisotopic (exact) mass is 338 g/mol. The zero-order chi connectivity index (χ0) is 16.8. The number of carbonyl (C=O) groups excluding carboxylic acids is 2. The van der Waals surface area contributed by atoms with Crippen LogP contribution in [0.1, 0.15) is 25.3 Å². The summed E-state index contributed by atoms with van der Waals surface area (Å²) in [5.41, 5.74) is 0.857. The number of ether oxygens (including phenoxy) is 1. The van der Waals surface area contributed by atoms with Crippen molar-refractivity contribution in [1.82, 2.24) is 9.80 Å². The van der Waals surface area contributed by atoms with Crippen LogP contribution in [0.15, 0.2) is 24.3 Å². The summed E-state index contributed by atoms with van der Waals surface area (Å²) in [4.78, 5) is 28.2. The molecule has 1 fully saturated rings. The predicted molar refractivity (Wildman–Crippen MR) is 89.2 cm³/mol. The SMILES string of the molecule is COCCCCN1C(=O)CN(Cc2ccccc2Cl)C(=O)[C@@H]1C. The summed E-state index contributed by atoms with van der Waals surface area (Å²) in [5.74, 6) is -0.0437. The first kappa shape index (κ1) is 17.8. The van der Waals surface area contributed by atoms with Gasteiger partial charge in [-0.05, 0) is 31.4 Å². The van der Waals surface area contributed by atoms with E-state index in [1.54, 1.807) is 29.9 Å². The highest BCUT2D eigenvalue weighted by molar-refractivity contribution is 6.31. The van der Waals surface area contributed by atoms with E-state index >= 15 is 0 Å². The Hall–Kier alpha value is -1.59. The molecule has 1 aromatic carbocycles. The fourth-order valence-corrected chi connectivity index (χ4v) is 2.95. The number of rotatable bonds is 7. The lowest BCUT2D eigenvalue weighted by Crippen LogP contribution is -2.58. The Morgan fingerprint density at radius 2 is 2.00 bits per heavy atom. The van der Waals surface area contributed by atoms with Crippen molar-refractivity contribution >= 4 is 23.4 Å². The lowest BCUT2D eigenvalue weighted by molar-refractivity contribution is -0.155. The molecule has 1 aromatic rings. The molecule has 1 heterocycles. The fourth-order valence-electron chi connectivity index (χ4n) is 2.76. The third-order valence-electron chi connectivity index (χ3n) is 4.10. The molecule has 0 saturated carbocycles. The van der Waals surface area contributed by atoms with Gasteiger partial charge >= 0.3 is 0 Å². The van der Waals surface area contributed by atoms with Gasteiger partial charge in [0, 0.05) is 31.8 Å². The second-order valence-corrected chi connectivity index (χ2v) is 6.16. The maximum atomic E-state index is 12.6. The molecule has 1 atom stereocenters. The quantitative estimate of drug-likeness (QED) is 0.717. The number of methoxy groups -OCH3 is 1. The standard InChI is InChI=1S/C17H23ClN2O3/c1-13-17(22)19(11-14-7-3-4-8-15(14)18)12-16(21)20(13)9-5-6-10-23-2/h3-4,7-8,13H,5-6,9-12H2,1-2H3/t13-/m0/s1. The number of carbonyl (C=O) groups is 2. The lowest BCUT2D eigenvalue weighted by Gasteiger charge is -2.39. The van der Waals surface area contributed by atoms with Crippen LogP contribution in [0, 0.1) is 0 Å². The molecule has 23 heavy (non-hydrogen) atoms. The summed E-state index contributed by atoms with van der Waals surface area (Å²) in [6, 6.07) is 6.96. The minimum Gasteiger partial charge on any atom is -0.385 e. The van der Waals surface area contributed by atoms with E-state index in [4.69, 9.17) is 16.3 Å². The summed E-state index contributed by atoms with van der Waals surface area (Å²) in [5, 5.41) is 0.613. The normalized spacial score (nSPS) is 18.7. The van der Waals surface area contributed by atoms with Crippen LogP contribution in [0.3, 0.4) is 0 Å². The molecule has 0 N–H and O–H groups in total. The highest BCUT2D eigenvalue weighted by atomic mass is 35.5. The molecule has 0 aromatic heterocycles. The van der Waals surface area contributed by atoms with Gasteiger partial charge in [-0.25, -0.2) is 0 Å². The second kappa shape index (κ2) is 8.31. The average Bonchev–Trinajstić information content (AvgIpc) is 2.53. The molecule has 1 aliphatic heterocycles. The first-order valence-corrected chi connectivity index (χ1v) is 8.23. The Morgan fingerprint density at radius 1 is 1.26 bits per heavy atom. The van der Waals surface area contributed by atoms with Crippen LogP contribution in [0.5, 0.6) is 0 Å². The van der Waals surface area contributed by atoms with Gasteiger partial charge < -0.3 is 14.5 Å². The van der Waals surface area contributed by atoms with Crippen LogP contribution in [-0.4, -0.2) is 54.5 Å². The second-order valence-electron chi connectivity index (χ2n) is 5.75. The molecule has 2 rings (SSSR count). The van der Waals surface area contributed by atoms with Crippen molar-refractivity contribution in [1.29, 1.82) is 0 Å². The largest absolute Gasteiger partial charge is 0.385 e. The van der Waals surface area contributed by atoms with Gasteiger partial charge in [-0.15, -0.1) is 0 Å². The summed E-state index contributed by atoms with van der Waals surface area (Å²) < 4.78 is 5.01. The van der Waals surface area contributed by atoms with Crippen molar-refractivity contribution in [2.24, 2.45) is 0 Å². The van der Waals surface area contributed by atoms with E-state index in [2.05, 4.69) is 0 Å². The van der Waals surface area contributed by atoms with E-state index in [9.17, 15) is 9.59 Å². The van der Waals surface area contributed by atoms with Crippen LogP contribution in [0.2, 0.25) is 5.02 Å². The maximum absolute atomic E-state index is 12.6. The van der Waals surface area contributed by atoms with Gasteiger partial charge in [0.05, 0.1) is 0 Å². The first-order chi connectivity index (χ1) is 11.0. The minimum atomic E-state index is -0.429. The number of unbranched alkanes of at least 4 members (excludes halogenated alkanes) is 1. The lowest BCUT2D eigenvalue weighted by atomic mass is 10.1. The van der Waals surface area contributed by atoms with E-state index < -0.39 is 6.04 Å². The first-order valence-electron chi connectivity index (χ1n) is 7.85. The number of hydrogen-bond donors (Lipinski definition) is 0. The summed E-state index contributed by atoms with van der Waals surface area (Å²) in [6.45, 7) is 3.53. The topological polar surface area (TPSA) is 49.9 Å². The van der Waals surface area contributed by atoms with Crippen LogP contribution in [0.4, 0.5) is 0 Å². The number of amides is 2. The number of halogens is 1. The van der Waals surface area contributed by atoms with Gasteiger partial charge in [0.1, 0.15) is 12.6 Å². The minimum absolute atomic E-state index is 0.0124. The van der Waals surface area contributed by atoms with E-state index in [1.165, 1.54) is 0 Å². The highest BCUT2D eigenvalue weighted by Crippen LogP contribution is 2.20. The van der Waals surface area contributed by atoms with Crippen LogP contribution < -0.4 is 0 Å². The molecular formula is C17H23ClN2O3. The molecule has 0 radical (unpaired) electrons. The van der Waals surface area contributed by atoms with Crippen LogP contribution in [0.25, 0.3) is 0 Å². The highest BCUT2D eigenvalue weighted by Gasteiger charge is 2.36. The van der Waals surface area contributed by atoms with Crippen molar-refractivity contribution in [3.63, 3.8) is 0 Å². The van der Waals surface area contributed by atoms with Crippen LogP contribution in [-0.2, 0) is 20.9 Å². The van der Waals surface area contributed by atoms with E-state index in [0.717, 1.165) is 18.4 Å². The molecule has 0 spiro atoms. The Kier molecular flexibility index (Phi) is 6.42. The molecule has 2 amide bonds. The Morgan fingerprint density at radius 3 is 2.70 bits per heavy atom. The molecule has 0 aliphatic carbocycles. The Bertz CT molecular complexity index is 565. The van der Waals surface area contributed by atoms with Crippen molar-refractivity contribution in [3.8, 4) is 0 Å². The van der Waals surface area contributed by atoms with Gasteiger partial charge in [0.2, 0.25) is 11.8 Å². The van der Waals surface area contributed by atoms with Gasteiger partial charge in [-0.1, -0.05) is 29.8 Å². The number of hydrogen-bond acceptors (Lipinski definition) is 3. The van der Waals surface area contributed by atoms with Gasteiger partial charge in [-0.2, -0.15) is 0 Å². The van der Waals surface area contributed by atoms with E-state index in [1.807, 2.05) is 18.2 Å². The van der Waals surface area contributed by atoms with Gasteiger partial charge in [0.15, 0.2) is 0 Å². The summed E-state index contributed by atoms with van der Waals surface area (Å²) >= 11 is 6.15.